The van der Waals surface area contributed by atoms with Crippen molar-refractivity contribution < 1.29 is 0 Å². The minimum atomic E-state index is -1.42. The van der Waals surface area contributed by atoms with Gasteiger partial charge in [0.25, 0.3) is 0 Å². The average Bonchev–Trinajstić information content (AvgIpc) is 2.65. The third kappa shape index (κ3) is 1.86. The summed E-state index contributed by atoms with van der Waals surface area (Å²) in [6.45, 7) is 0. The number of hydrogen-bond acceptors (Lipinski definition) is 1. The predicted octanol–water partition coefficient (Wildman–Crippen LogP) is 4.31. The van der Waals surface area contributed by atoms with Gasteiger partial charge in [-0.3, -0.25) is 4.40 Å². The molecule has 0 aliphatic rings. The standard InChI is InChI=1S/C12H7Cl3N2/c13-12(14,15)8-5-6-17-10-4-2-1-3-9(10)16-11(17)7-8/h1-7H. The van der Waals surface area contributed by atoms with Crippen LogP contribution in [0.25, 0.3) is 16.7 Å². The highest BCUT2D eigenvalue weighted by Gasteiger charge is 2.23. The number of halogens is 3. The summed E-state index contributed by atoms with van der Waals surface area (Å²) in [5.41, 5.74) is 3.35. The van der Waals surface area contributed by atoms with E-state index in [0.29, 0.717) is 5.56 Å². The molecule has 2 nitrogen and oxygen atoms in total. The van der Waals surface area contributed by atoms with Crippen LogP contribution in [0.2, 0.25) is 0 Å². The van der Waals surface area contributed by atoms with Crippen molar-refractivity contribution in [3.63, 3.8) is 0 Å². The van der Waals surface area contributed by atoms with Crippen molar-refractivity contribution in [3.05, 3.63) is 48.2 Å². The summed E-state index contributed by atoms with van der Waals surface area (Å²) in [6.07, 6.45) is 1.86. The molecule has 0 aliphatic carbocycles. The number of pyridine rings is 1. The van der Waals surface area contributed by atoms with Crippen LogP contribution in [0.4, 0.5) is 0 Å². The van der Waals surface area contributed by atoms with Crippen molar-refractivity contribution in [2.45, 2.75) is 3.79 Å². The Labute approximate surface area is 113 Å². The Balaban J connectivity index is 2.34. The molecule has 0 spiro atoms. The Morgan fingerprint density at radius 2 is 1.82 bits per heavy atom. The van der Waals surface area contributed by atoms with Gasteiger partial charge in [0.1, 0.15) is 5.65 Å². The van der Waals surface area contributed by atoms with Crippen LogP contribution in [0.5, 0.6) is 0 Å². The predicted molar refractivity (Wildman–Crippen MR) is 71.9 cm³/mol. The molecule has 0 fully saturated rings. The monoisotopic (exact) mass is 284 g/mol. The first-order valence-corrected chi connectivity index (χ1v) is 6.13. The normalized spacial score (nSPS) is 12.4. The molecule has 0 aliphatic heterocycles. The number of benzene rings is 1. The number of hydrogen-bond donors (Lipinski definition) is 0. The molecular formula is C12H7Cl3N2. The third-order valence-electron chi connectivity index (χ3n) is 2.64. The van der Waals surface area contributed by atoms with E-state index in [2.05, 4.69) is 4.98 Å². The number of imidazole rings is 1. The highest BCUT2D eigenvalue weighted by molar-refractivity contribution is 6.66. The molecule has 3 aromatic rings. The van der Waals surface area contributed by atoms with E-state index in [1.807, 2.05) is 34.9 Å². The molecule has 3 rings (SSSR count). The molecular weight excluding hydrogens is 279 g/mol. The number of alkyl halides is 3. The van der Waals surface area contributed by atoms with E-state index in [9.17, 15) is 0 Å². The van der Waals surface area contributed by atoms with E-state index in [4.69, 9.17) is 34.8 Å². The molecule has 2 aromatic heterocycles. The summed E-state index contributed by atoms with van der Waals surface area (Å²) in [5, 5.41) is 0. The van der Waals surface area contributed by atoms with Crippen LogP contribution in [0.1, 0.15) is 5.56 Å². The fourth-order valence-corrected chi connectivity index (χ4v) is 2.19. The summed E-state index contributed by atoms with van der Waals surface area (Å²) in [6, 6.07) is 11.5. The Hall–Kier alpha value is -0.960. The molecule has 17 heavy (non-hydrogen) atoms. The van der Waals surface area contributed by atoms with Gasteiger partial charge in [0, 0.05) is 11.8 Å². The maximum Gasteiger partial charge on any atom is 0.216 e. The average molecular weight is 286 g/mol. The molecule has 0 amide bonds. The lowest BCUT2D eigenvalue weighted by molar-refractivity contribution is 1.16. The van der Waals surface area contributed by atoms with Crippen LogP contribution in [0, 0.1) is 0 Å². The maximum atomic E-state index is 5.85. The van der Waals surface area contributed by atoms with Gasteiger partial charge in [-0.25, -0.2) is 4.98 Å². The van der Waals surface area contributed by atoms with Crippen molar-refractivity contribution in [1.82, 2.24) is 9.38 Å². The number of nitrogens with zero attached hydrogens (tertiary/aromatic N) is 2. The van der Waals surface area contributed by atoms with Crippen molar-refractivity contribution in [2.75, 3.05) is 0 Å². The highest BCUT2D eigenvalue weighted by Crippen LogP contribution is 2.38. The smallest absolute Gasteiger partial charge is 0.216 e. The summed E-state index contributed by atoms with van der Waals surface area (Å²) in [5.74, 6) is 0. The van der Waals surface area contributed by atoms with Gasteiger partial charge in [0.15, 0.2) is 0 Å². The molecule has 2 heterocycles. The van der Waals surface area contributed by atoms with E-state index in [0.717, 1.165) is 16.7 Å². The molecule has 0 radical (unpaired) electrons. The fourth-order valence-electron chi connectivity index (χ4n) is 1.84. The number of rotatable bonds is 0. The van der Waals surface area contributed by atoms with Gasteiger partial charge in [-0.15, -0.1) is 0 Å². The molecule has 0 saturated heterocycles. The Kier molecular flexibility index (Phi) is 2.47. The highest BCUT2D eigenvalue weighted by atomic mass is 35.6. The van der Waals surface area contributed by atoms with E-state index in [-0.39, 0.29) is 0 Å². The Bertz CT molecular complexity index is 698. The second-order valence-corrected chi connectivity index (χ2v) is 6.02. The number of aromatic nitrogens is 2. The molecule has 0 saturated carbocycles. The van der Waals surface area contributed by atoms with Crippen molar-refractivity contribution in [2.24, 2.45) is 0 Å². The molecule has 0 unspecified atom stereocenters. The van der Waals surface area contributed by atoms with Crippen molar-refractivity contribution in [1.29, 1.82) is 0 Å². The minimum Gasteiger partial charge on any atom is -0.300 e. The van der Waals surface area contributed by atoms with E-state index < -0.39 is 3.79 Å². The number of fused-ring (bicyclic) bond motifs is 3. The largest absolute Gasteiger partial charge is 0.300 e. The Morgan fingerprint density at radius 3 is 2.59 bits per heavy atom. The zero-order chi connectivity index (χ0) is 12.0. The van der Waals surface area contributed by atoms with Crippen LogP contribution in [-0.2, 0) is 3.79 Å². The van der Waals surface area contributed by atoms with E-state index >= 15 is 0 Å². The second-order valence-electron chi connectivity index (χ2n) is 3.74. The molecule has 0 bridgehead atoms. The van der Waals surface area contributed by atoms with Gasteiger partial charge in [0.05, 0.1) is 11.0 Å². The van der Waals surface area contributed by atoms with Gasteiger partial charge in [0.2, 0.25) is 3.79 Å². The number of para-hydroxylation sites is 2. The Morgan fingerprint density at radius 1 is 1.06 bits per heavy atom. The molecule has 86 valence electrons. The summed E-state index contributed by atoms with van der Waals surface area (Å²) < 4.78 is 0.551. The molecule has 0 atom stereocenters. The van der Waals surface area contributed by atoms with Crippen molar-refractivity contribution in [3.8, 4) is 0 Å². The fraction of sp³-hybridized carbons (Fsp3) is 0.0833. The van der Waals surface area contributed by atoms with Crippen LogP contribution in [-0.4, -0.2) is 9.38 Å². The molecule has 1 aromatic carbocycles. The van der Waals surface area contributed by atoms with Crippen LogP contribution < -0.4 is 0 Å². The minimum absolute atomic E-state index is 0.616. The lowest BCUT2D eigenvalue weighted by Gasteiger charge is -2.10. The zero-order valence-electron chi connectivity index (χ0n) is 8.57. The molecule has 0 N–H and O–H groups in total. The first-order chi connectivity index (χ1) is 8.05. The second kappa shape index (κ2) is 3.77. The van der Waals surface area contributed by atoms with Gasteiger partial charge in [-0.05, 0) is 24.3 Å². The third-order valence-corrected chi connectivity index (χ3v) is 3.29. The topological polar surface area (TPSA) is 17.3 Å². The summed E-state index contributed by atoms with van der Waals surface area (Å²) in [4.78, 5) is 4.48. The lowest BCUT2D eigenvalue weighted by atomic mass is 10.3. The van der Waals surface area contributed by atoms with Crippen LogP contribution in [0.15, 0.2) is 42.6 Å². The van der Waals surface area contributed by atoms with Gasteiger partial charge < -0.3 is 0 Å². The van der Waals surface area contributed by atoms with Gasteiger partial charge in [-0.1, -0.05) is 46.9 Å². The summed E-state index contributed by atoms with van der Waals surface area (Å²) in [7, 11) is 0. The van der Waals surface area contributed by atoms with Gasteiger partial charge in [-0.2, -0.15) is 0 Å². The van der Waals surface area contributed by atoms with Crippen molar-refractivity contribution >= 4 is 51.5 Å². The lowest BCUT2D eigenvalue weighted by Crippen LogP contribution is -2.00. The summed E-state index contributed by atoms with van der Waals surface area (Å²) >= 11 is 17.6. The SMILES string of the molecule is ClC(Cl)(Cl)c1ccn2c(c1)nc1ccccc12. The van der Waals surface area contributed by atoms with E-state index in [1.165, 1.54) is 0 Å². The quantitative estimate of drug-likeness (QED) is 0.562. The zero-order valence-corrected chi connectivity index (χ0v) is 10.8. The van der Waals surface area contributed by atoms with Crippen LogP contribution >= 0.6 is 34.8 Å². The van der Waals surface area contributed by atoms with Gasteiger partial charge >= 0.3 is 0 Å². The first-order valence-electron chi connectivity index (χ1n) is 5.00. The van der Waals surface area contributed by atoms with E-state index in [1.54, 1.807) is 12.1 Å². The molecule has 5 heteroatoms. The van der Waals surface area contributed by atoms with Crippen LogP contribution in [0.3, 0.4) is 0 Å². The first kappa shape index (κ1) is 11.1. The maximum absolute atomic E-state index is 5.85.